The first-order chi connectivity index (χ1) is 30.1. The van der Waals surface area contributed by atoms with Crippen LogP contribution in [0.25, 0.3) is 55.0 Å². The molecule has 0 radical (unpaired) electrons. The molecule has 14 nitrogen and oxygen atoms in total. The van der Waals surface area contributed by atoms with Crippen molar-refractivity contribution in [2.45, 2.75) is 63.7 Å². The zero-order valence-electron chi connectivity index (χ0n) is 34.7. The van der Waals surface area contributed by atoms with Crippen LogP contribution in [0.15, 0.2) is 103 Å². The van der Waals surface area contributed by atoms with Crippen molar-refractivity contribution in [3.8, 4) is 22.4 Å². The first-order valence-electron chi connectivity index (χ1n) is 21.1. The summed E-state index contributed by atoms with van der Waals surface area (Å²) >= 11 is 0. The molecule has 2 saturated heterocycles. The number of H-pyrrole nitrogens is 2. The molecule has 0 bridgehead atoms. The third-order valence-corrected chi connectivity index (χ3v) is 12.3. The van der Waals surface area contributed by atoms with E-state index in [0.29, 0.717) is 30.3 Å². The highest BCUT2D eigenvalue weighted by molar-refractivity contribution is 6.06. The van der Waals surface area contributed by atoms with Gasteiger partial charge in [-0.15, -0.1) is 0 Å². The van der Waals surface area contributed by atoms with Gasteiger partial charge in [0.2, 0.25) is 5.91 Å². The van der Waals surface area contributed by atoms with Crippen molar-refractivity contribution in [2.24, 2.45) is 5.92 Å². The number of carboxylic acid groups (broad SMARTS) is 1. The number of rotatable bonds is 10. The average molecular weight is 833 g/mol. The van der Waals surface area contributed by atoms with Gasteiger partial charge in [0, 0.05) is 24.0 Å². The van der Waals surface area contributed by atoms with E-state index in [1.807, 2.05) is 56.4 Å². The summed E-state index contributed by atoms with van der Waals surface area (Å²) in [6.07, 6.45) is 3.05. The van der Waals surface area contributed by atoms with Gasteiger partial charge in [-0.2, -0.15) is 0 Å². The maximum absolute atomic E-state index is 14.0. The van der Waals surface area contributed by atoms with E-state index >= 15 is 0 Å². The average Bonchev–Trinajstić information content (AvgIpc) is 4.13. The SMILES string of the molecule is COC(=O)N[C@@H](C(=O)N1CCC[C@H]1c1ncc(-c2ccc3cc(-c4ccc5c(ccc6nc([C@@H]7CCCN7C(=O)[C@@H](NC(=O)O)C(C)C)[nH]c65)c4)ccc3c2)[nH]1)c1ccccc1. The van der Waals surface area contributed by atoms with Crippen molar-refractivity contribution in [1.82, 2.24) is 40.4 Å². The van der Waals surface area contributed by atoms with Crippen molar-refractivity contribution in [3.05, 3.63) is 120 Å². The maximum Gasteiger partial charge on any atom is 0.407 e. The molecule has 0 unspecified atom stereocenters. The summed E-state index contributed by atoms with van der Waals surface area (Å²) < 4.78 is 4.84. The lowest BCUT2D eigenvalue weighted by atomic mass is 9.97. The second-order valence-electron chi connectivity index (χ2n) is 16.5. The third kappa shape index (κ3) is 7.68. The number of nitrogens with one attached hydrogen (secondary N) is 4. The number of hydrogen-bond donors (Lipinski definition) is 5. The predicted molar refractivity (Wildman–Crippen MR) is 236 cm³/mol. The predicted octanol–water partition coefficient (Wildman–Crippen LogP) is 8.64. The van der Waals surface area contributed by atoms with Gasteiger partial charge in [0.05, 0.1) is 42.1 Å². The van der Waals surface area contributed by atoms with E-state index in [4.69, 9.17) is 14.7 Å². The number of alkyl carbamates (subject to hydrolysis) is 1. The van der Waals surface area contributed by atoms with Crippen molar-refractivity contribution < 1.29 is 29.0 Å². The number of carbonyl (C=O) groups excluding carboxylic acids is 3. The minimum absolute atomic E-state index is 0.195. The van der Waals surface area contributed by atoms with Gasteiger partial charge in [0.25, 0.3) is 5.91 Å². The van der Waals surface area contributed by atoms with Crippen LogP contribution in [0.1, 0.15) is 74.9 Å². The van der Waals surface area contributed by atoms with Crippen LogP contribution in [-0.2, 0) is 14.3 Å². The zero-order valence-corrected chi connectivity index (χ0v) is 34.7. The lowest BCUT2D eigenvalue weighted by Gasteiger charge is -2.29. The van der Waals surface area contributed by atoms with E-state index in [1.165, 1.54) is 7.11 Å². The fourth-order valence-electron chi connectivity index (χ4n) is 9.14. The molecule has 5 N–H and O–H groups in total. The molecular weight excluding hydrogens is 785 g/mol. The summed E-state index contributed by atoms with van der Waals surface area (Å²) in [7, 11) is 1.28. The van der Waals surface area contributed by atoms with E-state index in [-0.39, 0.29) is 29.8 Å². The van der Waals surface area contributed by atoms with E-state index in [1.54, 1.807) is 9.80 Å². The summed E-state index contributed by atoms with van der Waals surface area (Å²) in [5.74, 6) is 0.771. The largest absolute Gasteiger partial charge is 0.465 e. The number of aromatic amines is 2. The van der Waals surface area contributed by atoms with Crippen molar-refractivity contribution in [3.63, 3.8) is 0 Å². The number of benzene rings is 5. The van der Waals surface area contributed by atoms with E-state index < -0.39 is 24.3 Å². The molecule has 4 heterocycles. The van der Waals surface area contributed by atoms with E-state index in [2.05, 4.69) is 81.3 Å². The fourth-order valence-corrected chi connectivity index (χ4v) is 9.14. The summed E-state index contributed by atoms with van der Waals surface area (Å²) in [4.78, 5) is 71.5. The lowest BCUT2D eigenvalue weighted by molar-refractivity contribution is -0.135. The Labute approximate surface area is 357 Å². The molecule has 9 rings (SSSR count). The molecular formula is C48H48N8O6. The number of carbonyl (C=O) groups is 4. The molecule has 2 aliphatic heterocycles. The Hall–Kier alpha value is -7.22. The van der Waals surface area contributed by atoms with Crippen LogP contribution in [-0.4, -0.2) is 85.1 Å². The van der Waals surface area contributed by atoms with Crippen LogP contribution in [0.5, 0.6) is 0 Å². The molecule has 5 aromatic carbocycles. The first kappa shape index (κ1) is 40.2. The van der Waals surface area contributed by atoms with Gasteiger partial charge in [-0.3, -0.25) is 9.59 Å². The molecule has 0 aliphatic carbocycles. The van der Waals surface area contributed by atoms with Crippen molar-refractivity contribution >= 4 is 56.6 Å². The van der Waals surface area contributed by atoms with Gasteiger partial charge < -0.3 is 40.2 Å². The minimum Gasteiger partial charge on any atom is -0.465 e. The Bertz CT molecular complexity index is 2830. The molecule has 2 aliphatic rings. The second kappa shape index (κ2) is 16.7. The number of aromatic nitrogens is 4. The van der Waals surface area contributed by atoms with Gasteiger partial charge in [-0.25, -0.2) is 19.6 Å². The molecule has 62 heavy (non-hydrogen) atoms. The highest BCUT2D eigenvalue weighted by Gasteiger charge is 2.39. The normalized spacial score (nSPS) is 17.5. The van der Waals surface area contributed by atoms with Crippen LogP contribution in [0, 0.1) is 5.92 Å². The summed E-state index contributed by atoms with van der Waals surface area (Å²) in [5.41, 5.74) is 6.38. The highest BCUT2D eigenvalue weighted by atomic mass is 16.5. The number of amides is 4. The number of methoxy groups -OCH3 is 1. The Balaban J connectivity index is 0.927. The van der Waals surface area contributed by atoms with Crippen LogP contribution < -0.4 is 10.6 Å². The van der Waals surface area contributed by atoms with Crippen LogP contribution in [0.2, 0.25) is 0 Å². The Morgan fingerprint density at radius 3 is 2.06 bits per heavy atom. The van der Waals surface area contributed by atoms with Gasteiger partial charge in [-0.1, -0.05) is 86.6 Å². The Kier molecular flexibility index (Phi) is 10.8. The number of hydrogen-bond acceptors (Lipinski definition) is 7. The van der Waals surface area contributed by atoms with Crippen LogP contribution >= 0.6 is 0 Å². The summed E-state index contributed by atoms with van der Waals surface area (Å²) in [5, 5.41) is 18.7. The van der Waals surface area contributed by atoms with Gasteiger partial charge in [0.1, 0.15) is 23.7 Å². The molecule has 2 fully saturated rings. The molecule has 316 valence electrons. The second-order valence-corrected chi connectivity index (χ2v) is 16.5. The Morgan fingerprint density at radius 2 is 1.37 bits per heavy atom. The van der Waals surface area contributed by atoms with E-state index in [0.717, 1.165) is 80.6 Å². The summed E-state index contributed by atoms with van der Waals surface area (Å²) in [6, 6.07) is 30.2. The number of imidazole rings is 2. The molecule has 4 amide bonds. The van der Waals surface area contributed by atoms with Crippen LogP contribution in [0.3, 0.4) is 0 Å². The molecule has 4 atom stereocenters. The van der Waals surface area contributed by atoms with Gasteiger partial charge in [0.15, 0.2) is 0 Å². The Morgan fingerprint density at radius 1 is 0.742 bits per heavy atom. The minimum atomic E-state index is -1.21. The topological polar surface area (TPSA) is 186 Å². The molecule has 7 aromatic rings. The molecule has 14 heteroatoms. The van der Waals surface area contributed by atoms with Gasteiger partial charge >= 0.3 is 12.2 Å². The smallest absolute Gasteiger partial charge is 0.407 e. The quantitative estimate of drug-likeness (QED) is 0.0906. The van der Waals surface area contributed by atoms with Crippen LogP contribution in [0.4, 0.5) is 9.59 Å². The molecule has 0 saturated carbocycles. The maximum atomic E-state index is 14.0. The van der Waals surface area contributed by atoms with Gasteiger partial charge in [-0.05, 0) is 88.7 Å². The number of fused-ring (bicyclic) bond motifs is 4. The number of ether oxygens (including phenoxy) is 1. The first-order valence-corrected chi connectivity index (χ1v) is 21.1. The number of nitrogens with zero attached hydrogens (tertiary/aromatic N) is 4. The standard InChI is InChI=1S/C48H48N8O6/c1-27(2)40(53-47(59)60)45(57)56-22-8-12-39(56)44-50-36-20-18-33-24-32(17-19-35(33)42(36)52-44)29-13-14-31-25-34(16-15-30(31)23-29)37-26-49-43(51-37)38-11-7-21-55(38)46(58)41(54-48(61)62-3)28-9-5-4-6-10-28/h4-6,9-10,13-20,23-27,38-41,53H,7-8,11-12,21-22H2,1-3H3,(H,49,51)(H,50,52)(H,54,61)(H,59,60)/t38-,39-,40-,41+/m0/s1. The molecule has 0 spiro atoms. The van der Waals surface area contributed by atoms with Crippen molar-refractivity contribution in [1.29, 1.82) is 0 Å². The number of likely N-dealkylation sites (tertiary alicyclic amines) is 2. The van der Waals surface area contributed by atoms with E-state index in [9.17, 15) is 24.3 Å². The lowest BCUT2D eigenvalue weighted by Crippen LogP contribution is -2.50. The molecule has 2 aromatic heterocycles. The third-order valence-electron chi connectivity index (χ3n) is 12.3. The fraction of sp³-hybridized carbons (Fsp3) is 0.292. The zero-order chi connectivity index (χ0) is 43.1. The summed E-state index contributed by atoms with van der Waals surface area (Å²) in [6.45, 7) is 4.78. The van der Waals surface area contributed by atoms with Crippen molar-refractivity contribution in [2.75, 3.05) is 20.2 Å². The highest BCUT2D eigenvalue weighted by Crippen LogP contribution is 2.37. The monoisotopic (exact) mass is 832 g/mol.